The van der Waals surface area contributed by atoms with E-state index in [0.29, 0.717) is 19.4 Å². The molecule has 7 N–H and O–H groups in total. The fourth-order valence-electron chi connectivity index (χ4n) is 3.54. The molecule has 174 valence electrons. The maximum atomic E-state index is 13.3. The van der Waals surface area contributed by atoms with Crippen LogP contribution in [-0.4, -0.2) is 70.8 Å². The van der Waals surface area contributed by atoms with Gasteiger partial charge in [0.2, 0.25) is 23.6 Å². The summed E-state index contributed by atoms with van der Waals surface area (Å²) >= 11 is 0. The Morgan fingerprint density at radius 1 is 1.16 bits per heavy atom. The van der Waals surface area contributed by atoms with Crippen molar-refractivity contribution in [3.8, 4) is 0 Å². The number of amides is 4. The summed E-state index contributed by atoms with van der Waals surface area (Å²) < 4.78 is 0. The second-order valence-electron chi connectivity index (χ2n) is 7.66. The third-order valence-electron chi connectivity index (χ3n) is 5.19. The number of benzene rings is 1. The molecule has 32 heavy (non-hydrogen) atoms. The fraction of sp³-hybridized carbons (Fsp3) is 0.476. The van der Waals surface area contributed by atoms with Crippen molar-refractivity contribution >= 4 is 29.6 Å². The lowest BCUT2D eigenvalue weighted by molar-refractivity contribution is -0.142. The van der Waals surface area contributed by atoms with E-state index in [-0.39, 0.29) is 19.3 Å². The molecule has 1 aliphatic rings. The van der Waals surface area contributed by atoms with Gasteiger partial charge in [0, 0.05) is 19.4 Å². The van der Waals surface area contributed by atoms with Crippen LogP contribution in [0.3, 0.4) is 0 Å². The highest BCUT2D eigenvalue weighted by atomic mass is 16.4. The average molecular weight is 447 g/mol. The zero-order valence-electron chi connectivity index (χ0n) is 17.7. The number of carboxylic acids is 1. The van der Waals surface area contributed by atoms with Crippen LogP contribution in [0.25, 0.3) is 0 Å². The second-order valence-corrected chi connectivity index (χ2v) is 7.66. The molecule has 0 saturated carbocycles. The molecule has 1 saturated heterocycles. The zero-order valence-corrected chi connectivity index (χ0v) is 17.7. The van der Waals surface area contributed by atoms with E-state index < -0.39 is 54.3 Å². The lowest BCUT2D eigenvalue weighted by atomic mass is 10.0. The molecular formula is C21H29N5O6. The van der Waals surface area contributed by atoms with E-state index in [2.05, 4.69) is 10.6 Å². The van der Waals surface area contributed by atoms with Crippen LogP contribution in [0.1, 0.15) is 31.2 Å². The number of carboxylic acid groups (broad SMARTS) is 1. The molecular weight excluding hydrogens is 418 g/mol. The maximum absolute atomic E-state index is 13.3. The molecule has 1 aromatic carbocycles. The third kappa shape index (κ3) is 7.34. The minimum atomic E-state index is -1.19. The van der Waals surface area contributed by atoms with Crippen LogP contribution < -0.4 is 22.1 Å². The predicted molar refractivity (Wildman–Crippen MR) is 114 cm³/mol. The molecule has 1 heterocycles. The first-order valence-electron chi connectivity index (χ1n) is 10.4. The lowest BCUT2D eigenvalue weighted by Gasteiger charge is -2.29. The topological polar surface area (TPSA) is 185 Å². The molecule has 0 aromatic heterocycles. The first kappa shape index (κ1) is 24.8. The Hall–Kier alpha value is -3.47. The number of rotatable bonds is 11. The Morgan fingerprint density at radius 3 is 2.47 bits per heavy atom. The van der Waals surface area contributed by atoms with E-state index >= 15 is 0 Å². The number of nitrogens with zero attached hydrogens (tertiary/aromatic N) is 1. The highest BCUT2D eigenvalue weighted by Gasteiger charge is 2.38. The number of hydrogen-bond donors (Lipinski definition) is 5. The average Bonchev–Trinajstić information content (AvgIpc) is 3.25. The van der Waals surface area contributed by atoms with Crippen LogP contribution in [0.2, 0.25) is 0 Å². The molecule has 4 amide bonds. The van der Waals surface area contributed by atoms with Gasteiger partial charge < -0.3 is 32.1 Å². The number of nitrogens with one attached hydrogen (secondary N) is 2. The third-order valence-corrected chi connectivity index (χ3v) is 5.19. The monoisotopic (exact) mass is 447 g/mol. The summed E-state index contributed by atoms with van der Waals surface area (Å²) in [6.45, 7) is -0.241. The number of carbonyl (C=O) groups is 5. The first-order valence-corrected chi connectivity index (χ1v) is 10.4. The maximum Gasteiger partial charge on any atom is 0.322 e. The van der Waals surface area contributed by atoms with Crippen molar-refractivity contribution in [2.75, 3.05) is 13.1 Å². The number of primary amides is 1. The van der Waals surface area contributed by atoms with Crippen molar-refractivity contribution in [2.24, 2.45) is 11.5 Å². The van der Waals surface area contributed by atoms with Crippen LogP contribution in [-0.2, 0) is 30.4 Å². The quantitative estimate of drug-likeness (QED) is 0.273. The van der Waals surface area contributed by atoms with E-state index in [1.54, 1.807) is 24.3 Å². The van der Waals surface area contributed by atoms with Gasteiger partial charge in [-0.2, -0.15) is 0 Å². The number of hydrogen-bond acceptors (Lipinski definition) is 6. The van der Waals surface area contributed by atoms with Gasteiger partial charge >= 0.3 is 5.97 Å². The Balaban J connectivity index is 2.15. The van der Waals surface area contributed by atoms with E-state index in [9.17, 15) is 24.0 Å². The lowest BCUT2D eigenvalue weighted by Crippen LogP contribution is -2.56. The number of likely N-dealkylation sites (tertiary alicyclic amines) is 1. The molecule has 3 atom stereocenters. The molecule has 1 aromatic rings. The largest absolute Gasteiger partial charge is 0.480 e. The van der Waals surface area contributed by atoms with Crippen LogP contribution >= 0.6 is 0 Å². The van der Waals surface area contributed by atoms with Crippen molar-refractivity contribution in [3.63, 3.8) is 0 Å². The Labute approximate surface area is 185 Å². The molecule has 0 radical (unpaired) electrons. The summed E-state index contributed by atoms with van der Waals surface area (Å²) in [5.41, 5.74) is 11.7. The summed E-state index contributed by atoms with van der Waals surface area (Å²) in [4.78, 5) is 61.4. The minimum absolute atomic E-state index is 0.0390. The van der Waals surface area contributed by atoms with Crippen molar-refractivity contribution in [2.45, 2.75) is 50.2 Å². The molecule has 11 heteroatoms. The summed E-state index contributed by atoms with van der Waals surface area (Å²) in [5.74, 6) is -3.39. The summed E-state index contributed by atoms with van der Waals surface area (Å²) in [5, 5.41) is 13.7. The highest BCUT2D eigenvalue weighted by Crippen LogP contribution is 2.20. The van der Waals surface area contributed by atoms with Gasteiger partial charge in [0.25, 0.3) is 0 Å². The normalized spacial score (nSPS) is 17.3. The number of nitrogens with two attached hydrogens (primary N) is 2. The molecule has 1 fully saturated rings. The second kappa shape index (κ2) is 11.8. The fourth-order valence-corrected chi connectivity index (χ4v) is 3.54. The summed E-state index contributed by atoms with van der Waals surface area (Å²) in [6.07, 6.45) is 1.11. The molecule has 0 bridgehead atoms. The van der Waals surface area contributed by atoms with Gasteiger partial charge in [0.05, 0.1) is 6.04 Å². The number of carbonyl (C=O) groups excluding carboxylic acids is 4. The van der Waals surface area contributed by atoms with Crippen molar-refractivity contribution in [1.29, 1.82) is 0 Å². The first-order chi connectivity index (χ1) is 15.2. The van der Waals surface area contributed by atoms with Gasteiger partial charge in [-0.25, -0.2) is 0 Å². The molecule has 2 rings (SSSR count). The summed E-state index contributed by atoms with van der Waals surface area (Å²) in [6, 6.07) is 6.20. The molecule has 11 nitrogen and oxygen atoms in total. The van der Waals surface area contributed by atoms with Crippen molar-refractivity contribution in [3.05, 3.63) is 35.9 Å². The van der Waals surface area contributed by atoms with E-state index in [0.717, 1.165) is 5.56 Å². The van der Waals surface area contributed by atoms with Crippen LogP contribution in [0, 0.1) is 0 Å². The smallest absolute Gasteiger partial charge is 0.322 e. The number of aliphatic carboxylic acids is 1. The molecule has 1 aliphatic heterocycles. The molecule has 0 aliphatic carbocycles. The van der Waals surface area contributed by atoms with E-state index in [4.69, 9.17) is 16.6 Å². The highest BCUT2D eigenvalue weighted by molar-refractivity contribution is 5.94. The Morgan fingerprint density at radius 2 is 1.84 bits per heavy atom. The molecule has 3 unspecified atom stereocenters. The zero-order chi connectivity index (χ0) is 23.7. The SMILES string of the molecule is NC(=O)CCC(N)C(=O)NC(Cc1ccccc1)C(=O)N1CCCC1C(=O)NCC(=O)O. The van der Waals surface area contributed by atoms with Gasteiger partial charge in [-0.1, -0.05) is 30.3 Å². The van der Waals surface area contributed by atoms with Crippen LogP contribution in [0.4, 0.5) is 0 Å². The predicted octanol–water partition coefficient (Wildman–Crippen LogP) is -1.50. The van der Waals surface area contributed by atoms with E-state index in [1.165, 1.54) is 4.90 Å². The van der Waals surface area contributed by atoms with Crippen molar-refractivity contribution in [1.82, 2.24) is 15.5 Å². The standard InChI is InChI=1S/C21H29N5O6/c22-14(8-9-17(23)27)19(30)25-15(11-13-5-2-1-3-6-13)21(32)26-10-4-7-16(26)20(31)24-12-18(28)29/h1-3,5-6,14-16H,4,7-12,22H2,(H2,23,27)(H,24,31)(H,25,30)(H,28,29). The molecule has 0 spiro atoms. The van der Waals surface area contributed by atoms with Gasteiger partial charge in [0.1, 0.15) is 18.6 Å². The van der Waals surface area contributed by atoms with Crippen LogP contribution in [0.5, 0.6) is 0 Å². The van der Waals surface area contributed by atoms with Gasteiger partial charge in [-0.3, -0.25) is 24.0 Å². The van der Waals surface area contributed by atoms with Gasteiger partial charge in [0.15, 0.2) is 0 Å². The Bertz CT molecular complexity index is 846. The summed E-state index contributed by atoms with van der Waals surface area (Å²) in [7, 11) is 0. The Kier molecular flexibility index (Phi) is 9.14. The van der Waals surface area contributed by atoms with Gasteiger partial charge in [-0.15, -0.1) is 0 Å². The minimum Gasteiger partial charge on any atom is -0.480 e. The van der Waals surface area contributed by atoms with Crippen LogP contribution in [0.15, 0.2) is 30.3 Å². The van der Waals surface area contributed by atoms with Crippen molar-refractivity contribution < 1.29 is 29.1 Å². The van der Waals surface area contributed by atoms with Gasteiger partial charge in [-0.05, 0) is 24.8 Å². The van der Waals surface area contributed by atoms with E-state index in [1.807, 2.05) is 6.07 Å².